The van der Waals surface area contributed by atoms with Crippen LogP contribution in [0.3, 0.4) is 0 Å². The van der Waals surface area contributed by atoms with Gasteiger partial charge in [0.05, 0.1) is 6.61 Å². The molecule has 2 unspecified atom stereocenters. The Balaban J connectivity index is 2.80. The van der Waals surface area contributed by atoms with E-state index in [0.717, 1.165) is 6.42 Å². The van der Waals surface area contributed by atoms with Gasteiger partial charge in [0.2, 0.25) is 0 Å². The summed E-state index contributed by atoms with van der Waals surface area (Å²) in [7, 11) is 4.00. The minimum Gasteiger partial charge on any atom is -0.493 e. The van der Waals surface area contributed by atoms with Crippen LogP contribution >= 0.6 is 0 Å². The van der Waals surface area contributed by atoms with Crippen LogP contribution in [0.25, 0.3) is 0 Å². The Labute approximate surface area is 133 Å². The van der Waals surface area contributed by atoms with E-state index < -0.39 is 0 Å². The van der Waals surface area contributed by atoms with E-state index in [1.807, 2.05) is 21.0 Å². The molecule has 0 aromatic heterocycles. The van der Waals surface area contributed by atoms with Crippen LogP contribution in [0.5, 0.6) is 5.75 Å². The number of carbonyl (C=O) groups is 1. The molecule has 0 saturated carbocycles. The molecule has 1 rings (SSSR count). The summed E-state index contributed by atoms with van der Waals surface area (Å²) in [6, 6.07) is 5.17. The zero-order chi connectivity index (χ0) is 16.7. The third-order valence-corrected chi connectivity index (χ3v) is 3.87. The van der Waals surface area contributed by atoms with Gasteiger partial charge in [0.25, 0.3) is 0 Å². The smallest absolute Gasteiger partial charge is 0.341 e. The quantitative estimate of drug-likeness (QED) is 0.591. The lowest BCUT2D eigenvalue weighted by molar-refractivity contribution is 0.0333. The van der Waals surface area contributed by atoms with Gasteiger partial charge in [-0.2, -0.15) is 0 Å². The molecule has 0 amide bonds. The normalized spacial score (nSPS) is 13.7. The first-order valence-electron chi connectivity index (χ1n) is 7.76. The maximum Gasteiger partial charge on any atom is 0.341 e. The summed E-state index contributed by atoms with van der Waals surface area (Å²) in [5, 5.41) is 0. The number of nitrogens with two attached hydrogens (primary N) is 1. The molecular weight excluding hydrogens is 280 g/mol. The highest BCUT2D eigenvalue weighted by Gasteiger charge is 2.22. The maximum absolute atomic E-state index is 12.3. The molecular formula is C17H28N2O3. The molecule has 124 valence electrons. The monoisotopic (exact) mass is 308 g/mol. The SMILES string of the molecule is CCOc1cc(N)ccc1C(=O)OCC(C(C)CC)N(C)C. The van der Waals surface area contributed by atoms with Crippen molar-refractivity contribution in [3.05, 3.63) is 23.8 Å². The van der Waals surface area contributed by atoms with Gasteiger partial charge in [0.15, 0.2) is 0 Å². The zero-order valence-corrected chi connectivity index (χ0v) is 14.3. The van der Waals surface area contributed by atoms with Crippen molar-refractivity contribution in [3.8, 4) is 5.75 Å². The first kappa shape index (κ1) is 18.3. The predicted octanol–water partition coefficient (Wildman–Crippen LogP) is 2.80. The van der Waals surface area contributed by atoms with E-state index in [1.165, 1.54) is 0 Å². The predicted molar refractivity (Wildman–Crippen MR) is 89.2 cm³/mol. The first-order valence-corrected chi connectivity index (χ1v) is 7.76. The lowest BCUT2D eigenvalue weighted by Crippen LogP contribution is -2.38. The number of carbonyl (C=O) groups excluding carboxylic acids is 1. The second-order valence-corrected chi connectivity index (χ2v) is 5.70. The molecule has 5 nitrogen and oxygen atoms in total. The van der Waals surface area contributed by atoms with Crippen molar-refractivity contribution < 1.29 is 14.3 Å². The molecule has 1 aromatic rings. The molecule has 0 fully saturated rings. The molecule has 0 saturated heterocycles. The van der Waals surface area contributed by atoms with Gasteiger partial charge < -0.3 is 20.1 Å². The van der Waals surface area contributed by atoms with Gasteiger partial charge in [0.1, 0.15) is 17.9 Å². The Morgan fingerprint density at radius 1 is 1.32 bits per heavy atom. The maximum atomic E-state index is 12.3. The molecule has 1 aromatic carbocycles. The van der Waals surface area contributed by atoms with Crippen LogP contribution in [-0.2, 0) is 4.74 Å². The van der Waals surface area contributed by atoms with Gasteiger partial charge in [-0.25, -0.2) is 4.79 Å². The van der Waals surface area contributed by atoms with Crippen LogP contribution in [0.2, 0.25) is 0 Å². The third-order valence-electron chi connectivity index (χ3n) is 3.87. The highest BCUT2D eigenvalue weighted by Crippen LogP contribution is 2.23. The van der Waals surface area contributed by atoms with Crippen LogP contribution in [-0.4, -0.2) is 44.2 Å². The molecule has 0 aliphatic heterocycles. The molecule has 22 heavy (non-hydrogen) atoms. The molecule has 0 spiro atoms. The van der Waals surface area contributed by atoms with Crippen molar-refractivity contribution in [2.45, 2.75) is 33.2 Å². The van der Waals surface area contributed by atoms with E-state index in [9.17, 15) is 4.79 Å². The largest absolute Gasteiger partial charge is 0.493 e. The summed E-state index contributed by atoms with van der Waals surface area (Å²) < 4.78 is 11.0. The second kappa shape index (κ2) is 8.63. The van der Waals surface area contributed by atoms with Crippen LogP contribution in [0.4, 0.5) is 5.69 Å². The Morgan fingerprint density at radius 2 is 2.00 bits per heavy atom. The number of ether oxygens (including phenoxy) is 2. The fraction of sp³-hybridized carbons (Fsp3) is 0.588. The highest BCUT2D eigenvalue weighted by atomic mass is 16.5. The average molecular weight is 308 g/mol. The Bertz CT molecular complexity index is 489. The molecule has 5 heteroatoms. The van der Waals surface area contributed by atoms with E-state index in [1.54, 1.807) is 18.2 Å². The van der Waals surface area contributed by atoms with Crippen LogP contribution in [0.15, 0.2) is 18.2 Å². The molecule has 2 atom stereocenters. The van der Waals surface area contributed by atoms with Gasteiger partial charge in [-0.05, 0) is 39.1 Å². The second-order valence-electron chi connectivity index (χ2n) is 5.70. The van der Waals surface area contributed by atoms with E-state index in [2.05, 4.69) is 18.7 Å². The van der Waals surface area contributed by atoms with Crippen molar-refractivity contribution in [2.24, 2.45) is 5.92 Å². The van der Waals surface area contributed by atoms with Gasteiger partial charge in [0, 0.05) is 17.8 Å². The van der Waals surface area contributed by atoms with Crippen molar-refractivity contribution in [2.75, 3.05) is 33.0 Å². The molecule has 0 bridgehead atoms. The van der Waals surface area contributed by atoms with Gasteiger partial charge in [-0.1, -0.05) is 20.3 Å². The molecule has 0 heterocycles. The highest BCUT2D eigenvalue weighted by molar-refractivity contribution is 5.93. The lowest BCUT2D eigenvalue weighted by atomic mass is 9.99. The Morgan fingerprint density at radius 3 is 2.55 bits per heavy atom. The van der Waals surface area contributed by atoms with Crippen molar-refractivity contribution in [1.29, 1.82) is 0 Å². The number of nitrogens with zero attached hydrogens (tertiary/aromatic N) is 1. The van der Waals surface area contributed by atoms with E-state index >= 15 is 0 Å². The van der Waals surface area contributed by atoms with Gasteiger partial charge in [-0.3, -0.25) is 0 Å². The fourth-order valence-corrected chi connectivity index (χ4v) is 2.32. The summed E-state index contributed by atoms with van der Waals surface area (Å²) in [6.07, 6.45) is 1.03. The van der Waals surface area contributed by atoms with E-state index in [0.29, 0.717) is 36.1 Å². The van der Waals surface area contributed by atoms with Gasteiger partial charge >= 0.3 is 5.97 Å². The number of nitrogen functional groups attached to an aromatic ring is 1. The van der Waals surface area contributed by atoms with Crippen LogP contribution < -0.4 is 10.5 Å². The molecule has 0 aliphatic rings. The summed E-state index contributed by atoms with van der Waals surface area (Å²) in [6.45, 7) is 6.99. The zero-order valence-electron chi connectivity index (χ0n) is 14.3. The molecule has 2 N–H and O–H groups in total. The van der Waals surface area contributed by atoms with Crippen LogP contribution in [0, 0.1) is 5.92 Å². The minimum absolute atomic E-state index is 0.193. The summed E-state index contributed by atoms with van der Waals surface area (Å²) in [5.74, 6) is 0.539. The standard InChI is InChI=1S/C17H28N2O3/c1-6-12(3)15(19(4)5)11-22-17(20)14-9-8-13(18)10-16(14)21-7-2/h8-10,12,15H,6-7,11,18H2,1-5H3. The first-order chi connectivity index (χ1) is 10.4. The average Bonchev–Trinajstić information content (AvgIpc) is 2.47. The number of esters is 1. The number of likely N-dealkylation sites (N-methyl/N-ethyl adjacent to an activating group) is 1. The number of anilines is 1. The number of hydrogen-bond donors (Lipinski definition) is 1. The number of rotatable bonds is 8. The van der Waals surface area contributed by atoms with Gasteiger partial charge in [-0.15, -0.1) is 0 Å². The Kier molecular flexibility index (Phi) is 7.18. The van der Waals surface area contributed by atoms with Crippen molar-refractivity contribution in [1.82, 2.24) is 4.90 Å². The fourth-order valence-electron chi connectivity index (χ4n) is 2.32. The third kappa shape index (κ3) is 4.91. The van der Waals surface area contributed by atoms with Crippen molar-refractivity contribution >= 4 is 11.7 Å². The summed E-state index contributed by atoms with van der Waals surface area (Å²) in [5.41, 5.74) is 6.71. The van der Waals surface area contributed by atoms with Crippen molar-refractivity contribution in [3.63, 3.8) is 0 Å². The molecule has 0 aliphatic carbocycles. The number of benzene rings is 1. The lowest BCUT2D eigenvalue weighted by Gasteiger charge is -2.29. The van der Waals surface area contributed by atoms with E-state index in [4.69, 9.17) is 15.2 Å². The minimum atomic E-state index is -0.376. The van der Waals surface area contributed by atoms with E-state index in [-0.39, 0.29) is 12.0 Å². The Hall–Kier alpha value is -1.75. The topological polar surface area (TPSA) is 64.8 Å². The summed E-state index contributed by atoms with van der Waals surface area (Å²) >= 11 is 0. The summed E-state index contributed by atoms with van der Waals surface area (Å²) in [4.78, 5) is 14.4. The molecule has 0 radical (unpaired) electrons. The van der Waals surface area contributed by atoms with Crippen LogP contribution in [0.1, 0.15) is 37.6 Å². The number of hydrogen-bond acceptors (Lipinski definition) is 5.